The highest BCUT2D eigenvalue weighted by Gasteiger charge is 2.12. The van der Waals surface area contributed by atoms with E-state index in [1.54, 1.807) is 19.9 Å². The van der Waals surface area contributed by atoms with Crippen molar-refractivity contribution >= 4 is 10.9 Å². The highest BCUT2D eigenvalue weighted by atomic mass is 19.1. The molecule has 0 saturated heterocycles. The summed E-state index contributed by atoms with van der Waals surface area (Å²) in [5.41, 5.74) is 0.335. The number of aromatic nitrogens is 1. The highest BCUT2D eigenvalue weighted by Crippen LogP contribution is 2.19. The molecule has 0 bridgehead atoms. The molecule has 16 heavy (non-hydrogen) atoms. The minimum absolute atomic E-state index is 0.215. The van der Waals surface area contributed by atoms with Gasteiger partial charge in [0.1, 0.15) is 5.82 Å². The van der Waals surface area contributed by atoms with Crippen molar-refractivity contribution < 1.29 is 9.50 Å². The maximum absolute atomic E-state index is 13.0. The molecular formula is C13H16FNO. The van der Waals surface area contributed by atoms with Crippen LogP contribution in [-0.2, 0) is 6.54 Å². The Hall–Kier alpha value is -1.35. The van der Waals surface area contributed by atoms with E-state index in [9.17, 15) is 9.50 Å². The van der Waals surface area contributed by atoms with Crippen molar-refractivity contribution in [1.29, 1.82) is 0 Å². The number of hydrogen-bond donors (Lipinski definition) is 1. The van der Waals surface area contributed by atoms with E-state index in [1.165, 1.54) is 12.1 Å². The Labute approximate surface area is 94.3 Å². The fourth-order valence-electron chi connectivity index (χ4n) is 1.76. The monoisotopic (exact) mass is 221 g/mol. The van der Waals surface area contributed by atoms with Gasteiger partial charge in [0.25, 0.3) is 0 Å². The molecule has 1 heterocycles. The minimum atomic E-state index is -0.670. The van der Waals surface area contributed by atoms with E-state index in [-0.39, 0.29) is 5.82 Å². The first-order chi connectivity index (χ1) is 7.46. The van der Waals surface area contributed by atoms with Gasteiger partial charge < -0.3 is 9.67 Å². The van der Waals surface area contributed by atoms with E-state index in [4.69, 9.17) is 0 Å². The van der Waals surface area contributed by atoms with Gasteiger partial charge in [0, 0.05) is 23.6 Å². The number of rotatable bonds is 3. The molecular weight excluding hydrogens is 205 g/mol. The third-order valence-electron chi connectivity index (χ3n) is 2.70. The van der Waals surface area contributed by atoms with Crippen LogP contribution in [0.25, 0.3) is 10.9 Å². The minimum Gasteiger partial charge on any atom is -0.390 e. The molecule has 86 valence electrons. The number of nitrogens with zero attached hydrogens (tertiary/aromatic N) is 1. The summed E-state index contributed by atoms with van der Waals surface area (Å²) in [6, 6.07) is 6.65. The van der Waals surface area contributed by atoms with Crippen LogP contribution in [0, 0.1) is 5.82 Å². The summed E-state index contributed by atoms with van der Waals surface area (Å²) < 4.78 is 15.0. The molecule has 2 aromatic rings. The number of benzene rings is 1. The van der Waals surface area contributed by atoms with Gasteiger partial charge in [-0.3, -0.25) is 0 Å². The Balaban J connectivity index is 2.25. The van der Waals surface area contributed by atoms with Crippen LogP contribution < -0.4 is 0 Å². The van der Waals surface area contributed by atoms with Gasteiger partial charge in [0.05, 0.1) is 5.60 Å². The van der Waals surface area contributed by atoms with E-state index < -0.39 is 5.60 Å². The predicted molar refractivity (Wildman–Crippen MR) is 62.8 cm³/mol. The Kier molecular flexibility index (Phi) is 2.72. The first-order valence-electron chi connectivity index (χ1n) is 5.42. The molecule has 0 fully saturated rings. The van der Waals surface area contributed by atoms with Crippen LogP contribution in [0.3, 0.4) is 0 Å². The van der Waals surface area contributed by atoms with E-state index in [1.807, 2.05) is 16.8 Å². The van der Waals surface area contributed by atoms with E-state index >= 15 is 0 Å². The number of aliphatic hydroxyl groups is 1. The van der Waals surface area contributed by atoms with Crippen LogP contribution in [0.5, 0.6) is 0 Å². The van der Waals surface area contributed by atoms with Gasteiger partial charge in [-0.05, 0) is 44.5 Å². The molecule has 0 saturated carbocycles. The summed E-state index contributed by atoms with van der Waals surface area (Å²) >= 11 is 0. The summed E-state index contributed by atoms with van der Waals surface area (Å²) in [7, 11) is 0. The van der Waals surface area contributed by atoms with Crippen LogP contribution >= 0.6 is 0 Å². The van der Waals surface area contributed by atoms with Crippen LogP contribution in [0.15, 0.2) is 30.5 Å². The molecule has 1 aromatic carbocycles. The lowest BCUT2D eigenvalue weighted by molar-refractivity contribution is 0.0666. The third kappa shape index (κ3) is 2.42. The maximum atomic E-state index is 13.0. The van der Waals surface area contributed by atoms with Crippen LogP contribution in [0.1, 0.15) is 20.3 Å². The molecule has 0 aliphatic carbocycles. The lowest BCUT2D eigenvalue weighted by Gasteiger charge is -2.17. The highest BCUT2D eigenvalue weighted by molar-refractivity contribution is 5.80. The summed E-state index contributed by atoms with van der Waals surface area (Å²) in [6.07, 6.45) is 2.60. The molecule has 0 aliphatic rings. The molecule has 2 nitrogen and oxygen atoms in total. The number of halogens is 1. The summed E-state index contributed by atoms with van der Waals surface area (Å²) in [5.74, 6) is -0.215. The zero-order chi connectivity index (χ0) is 11.8. The Morgan fingerprint density at radius 1 is 1.31 bits per heavy atom. The standard InChI is InChI=1S/C13H16FNO/c1-13(2,16)6-8-15-7-5-10-9-11(14)3-4-12(10)15/h3-5,7,9,16H,6,8H2,1-2H3. The fourth-order valence-corrected chi connectivity index (χ4v) is 1.76. The van der Waals surface area contributed by atoms with Gasteiger partial charge in [0.15, 0.2) is 0 Å². The van der Waals surface area contributed by atoms with Gasteiger partial charge in [0.2, 0.25) is 0 Å². The van der Waals surface area contributed by atoms with Crippen molar-refractivity contribution in [1.82, 2.24) is 4.57 Å². The zero-order valence-corrected chi connectivity index (χ0v) is 9.57. The average Bonchev–Trinajstić information content (AvgIpc) is 2.56. The molecule has 0 radical (unpaired) electrons. The number of hydrogen-bond acceptors (Lipinski definition) is 1. The van der Waals surface area contributed by atoms with Crippen molar-refractivity contribution in [2.45, 2.75) is 32.4 Å². The second-order valence-corrected chi connectivity index (χ2v) is 4.77. The van der Waals surface area contributed by atoms with E-state index in [2.05, 4.69) is 0 Å². The van der Waals surface area contributed by atoms with Gasteiger partial charge in [-0.25, -0.2) is 4.39 Å². The quantitative estimate of drug-likeness (QED) is 0.847. The number of aryl methyl sites for hydroxylation is 1. The first kappa shape index (κ1) is 11.1. The first-order valence-corrected chi connectivity index (χ1v) is 5.42. The summed E-state index contributed by atoms with van der Waals surface area (Å²) in [6.45, 7) is 4.31. The normalized spacial score (nSPS) is 12.2. The lowest BCUT2D eigenvalue weighted by atomic mass is 10.1. The van der Waals surface area contributed by atoms with Crippen molar-refractivity contribution in [3.05, 3.63) is 36.3 Å². The topological polar surface area (TPSA) is 25.2 Å². The number of fused-ring (bicyclic) bond motifs is 1. The molecule has 0 spiro atoms. The SMILES string of the molecule is CC(C)(O)CCn1ccc2cc(F)ccc21. The summed E-state index contributed by atoms with van der Waals surface area (Å²) in [5, 5.41) is 10.6. The molecule has 0 atom stereocenters. The Morgan fingerprint density at radius 3 is 2.75 bits per heavy atom. The fraction of sp³-hybridized carbons (Fsp3) is 0.385. The molecule has 1 N–H and O–H groups in total. The van der Waals surface area contributed by atoms with Crippen LogP contribution in [-0.4, -0.2) is 15.3 Å². The average molecular weight is 221 g/mol. The second kappa shape index (κ2) is 3.91. The Morgan fingerprint density at radius 2 is 2.06 bits per heavy atom. The second-order valence-electron chi connectivity index (χ2n) is 4.77. The van der Waals surface area contributed by atoms with Gasteiger partial charge >= 0.3 is 0 Å². The molecule has 2 rings (SSSR count). The maximum Gasteiger partial charge on any atom is 0.123 e. The Bertz CT molecular complexity index is 496. The molecule has 0 amide bonds. The van der Waals surface area contributed by atoms with Crippen LogP contribution in [0.4, 0.5) is 4.39 Å². The lowest BCUT2D eigenvalue weighted by Crippen LogP contribution is -2.20. The third-order valence-corrected chi connectivity index (χ3v) is 2.70. The smallest absolute Gasteiger partial charge is 0.123 e. The van der Waals surface area contributed by atoms with Crippen LogP contribution in [0.2, 0.25) is 0 Å². The van der Waals surface area contributed by atoms with E-state index in [0.29, 0.717) is 6.42 Å². The van der Waals surface area contributed by atoms with Gasteiger partial charge in [-0.1, -0.05) is 0 Å². The van der Waals surface area contributed by atoms with Crippen molar-refractivity contribution in [2.24, 2.45) is 0 Å². The van der Waals surface area contributed by atoms with Gasteiger partial charge in [-0.2, -0.15) is 0 Å². The van der Waals surface area contributed by atoms with Crippen molar-refractivity contribution in [3.63, 3.8) is 0 Å². The van der Waals surface area contributed by atoms with Crippen molar-refractivity contribution in [3.8, 4) is 0 Å². The van der Waals surface area contributed by atoms with Gasteiger partial charge in [-0.15, -0.1) is 0 Å². The van der Waals surface area contributed by atoms with Crippen molar-refractivity contribution in [2.75, 3.05) is 0 Å². The molecule has 0 unspecified atom stereocenters. The molecule has 0 aliphatic heterocycles. The molecule has 3 heteroatoms. The van der Waals surface area contributed by atoms with E-state index in [0.717, 1.165) is 17.4 Å². The largest absolute Gasteiger partial charge is 0.390 e. The molecule has 1 aromatic heterocycles. The zero-order valence-electron chi connectivity index (χ0n) is 9.57. The summed E-state index contributed by atoms with van der Waals surface area (Å²) in [4.78, 5) is 0. The predicted octanol–water partition coefficient (Wildman–Crippen LogP) is 2.94.